The summed E-state index contributed by atoms with van der Waals surface area (Å²) < 4.78 is 27.2. The fourth-order valence-electron chi connectivity index (χ4n) is 3.26. The quantitative estimate of drug-likeness (QED) is 0.755. The molecule has 1 aliphatic rings. The molecule has 0 saturated carbocycles. The van der Waals surface area contributed by atoms with E-state index < -0.39 is 10.0 Å². The van der Waals surface area contributed by atoms with Gasteiger partial charge in [-0.05, 0) is 75.7 Å². The normalized spacial score (nSPS) is 20.1. The van der Waals surface area contributed by atoms with E-state index in [2.05, 4.69) is 38.8 Å². The molecular formula is C18H23N5O2S2. The van der Waals surface area contributed by atoms with E-state index in [1.165, 1.54) is 30.9 Å². The van der Waals surface area contributed by atoms with Crippen molar-refractivity contribution in [2.75, 3.05) is 10.0 Å². The molecule has 1 aromatic heterocycles. The summed E-state index contributed by atoms with van der Waals surface area (Å²) in [5.74, 6) is 0.0361. The molecule has 0 radical (unpaired) electrons. The summed E-state index contributed by atoms with van der Waals surface area (Å²) in [5.41, 5.74) is 0.750. The van der Waals surface area contributed by atoms with Crippen molar-refractivity contribution in [3.8, 4) is 0 Å². The highest BCUT2D eigenvalue weighted by molar-refractivity contribution is 7.92. The van der Waals surface area contributed by atoms with Gasteiger partial charge < -0.3 is 10.2 Å². The first-order chi connectivity index (χ1) is 12.9. The van der Waals surface area contributed by atoms with E-state index in [9.17, 15) is 8.42 Å². The first-order valence-corrected chi connectivity index (χ1v) is 10.7. The molecule has 0 spiro atoms. The molecule has 1 aliphatic heterocycles. The second-order valence-corrected chi connectivity index (χ2v) is 8.74. The Morgan fingerprint density at radius 2 is 1.70 bits per heavy atom. The molecule has 2 unspecified atom stereocenters. The minimum absolute atomic E-state index is 0.0361. The second-order valence-electron chi connectivity index (χ2n) is 6.67. The summed E-state index contributed by atoms with van der Waals surface area (Å²) in [4.78, 5) is 10.1. The fourth-order valence-corrected chi connectivity index (χ4v) is 4.69. The number of nitrogens with one attached hydrogen (secondary N) is 2. The van der Waals surface area contributed by atoms with Gasteiger partial charge in [-0.1, -0.05) is 0 Å². The van der Waals surface area contributed by atoms with Crippen LogP contribution < -0.4 is 10.0 Å². The highest BCUT2D eigenvalue weighted by Crippen LogP contribution is 2.24. The van der Waals surface area contributed by atoms with Crippen molar-refractivity contribution in [3.63, 3.8) is 0 Å². The zero-order chi connectivity index (χ0) is 19.4. The number of aromatic nitrogens is 2. The van der Waals surface area contributed by atoms with E-state index in [-0.39, 0.29) is 10.8 Å². The Morgan fingerprint density at radius 1 is 1.11 bits per heavy atom. The van der Waals surface area contributed by atoms with Crippen molar-refractivity contribution in [2.24, 2.45) is 0 Å². The largest absolute Gasteiger partial charge is 0.344 e. The van der Waals surface area contributed by atoms with Crippen LogP contribution in [-0.4, -0.2) is 40.5 Å². The highest BCUT2D eigenvalue weighted by Gasteiger charge is 2.26. The SMILES string of the molecule is CC1CCCC(C)N1C(=S)Nc1ccc(S(=O)(=O)Nc2ncccn2)cc1. The molecule has 1 aromatic carbocycles. The second kappa shape index (κ2) is 8.18. The Kier molecular flexibility index (Phi) is 5.91. The van der Waals surface area contributed by atoms with Crippen molar-refractivity contribution in [1.29, 1.82) is 0 Å². The molecule has 27 heavy (non-hydrogen) atoms. The van der Waals surface area contributed by atoms with Crippen LogP contribution >= 0.6 is 12.2 Å². The van der Waals surface area contributed by atoms with Crippen molar-refractivity contribution in [2.45, 2.75) is 50.1 Å². The Hall–Kier alpha value is -2.26. The fraction of sp³-hybridized carbons (Fsp3) is 0.389. The van der Waals surface area contributed by atoms with Gasteiger partial charge >= 0.3 is 0 Å². The number of hydrogen-bond donors (Lipinski definition) is 2. The standard InChI is InChI=1S/C18H23N5O2S2/c1-13-5-3-6-14(2)23(13)18(26)21-15-7-9-16(10-8-15)27(24,25)22-17-19-11-4-12-20-17/h4,7-14H,3,5-6H2,1-2H3,(H,21,26)(H,19,20,22). The Bertz CT molecular complexity index is 878. The maximum absolute atomic E-state index is 12.4. The van der Waals surface area contributed by atoms with Crippen LogP contribution in [0.2, 0.25) is 0 Å². The first kappa shape index (κ1) is 19.5. The topological polar surface area (TPSA) is 87.2 Å². The van der Waals surface area contributed by atoms with Gasteiger partial charge in [0.25, 0.3) is 10.0 Å². The molecule has 3 rings (SSSR count). The maximum atomic E-state index is 12.4. The van der Waals surface area contributed by atoms with Gasteiger partial charge in [0.2, 0.25) is 5.95 Å². The van der Waals surface area contributed by atoms with Gasteiger partial charge in [-0.2, -0.15) is 0 Å². The molecule has 2 aromatic rings. The Labute approximate surface area is 165 Å². The number of anilines is 2. The van der Waals surface area contributed by atoms with Crippen molar-refractivity contribution in [3.05, 3.63) is 42.7 Å². The van der Waals surface area contributed by atoms with Gasteiger partial charge in [-0.15, -0.1) is 0 Å². The van der Waals surface area contributed by atoms with Crippen LogP contribution in [0.25, 0.3) is 0 Å². The van der Waals surface area contributed by atoms with Crippen LogP contribution in [0.15, 0.2) is 47.6 Å². The van der Waals surface area contributed by atoms with Crippen molar-refractivity contribution in [1.82, 2.24) is 14.9 Å². The zero-order valence-corrected chi connectivity index (χ0v) is 16.9. The summed E-state index contributed by atoms with van der Waals surface area (Å²) in [6.07, 6.45) is 6.40. The molecule has 1 saturated heterocycles. The number of hydrogen-bond acceptors (Lipinski definition) is 5. The lowest BCUT2D eigenvalue weighted by molar-refractivity contribution is 0.194. The number of sulfonamides is 1. The van der Waals surface area contributed by atoms with E-state index >= 15 is 0 Å². The van der Waals surface area contributed by atoms with Gasteiger partial charge in [-0.25, -0.2) is 23.1 Å². The third-order valence-corrected chi connectivity index (χ3v) is 6.29. The lowest BCUT2D eigenvalue weighted by Gasteiger charge is -2.40. The van der Waals surface area contributed by atoms with Crippen LogP contribution in [0, 0.1) is 0 Å². The molecule has 144 valence electrons. The number of rotatable bonds is 4. The van der Waals surface area contributed by atoms with Crippen LogP contribution in [0.1, 0.15) is 33.1 Å². The first-order valence-electron chi connectivity index (χ1n) is 8.86. The summed E-state index contributed by atoms with van der Waals surface area (Å²) in [6, 6.07) is 8.86. The summed E-state index contributed by atoms with van der Waals surface area (Å²) in [6.45, 7) is 4.35. The van der Waals surface area contributed by atoms with Gasteiger partial charge in [0.05, 0.1) is 4.90 Å². The molecule has 2 heterocycles. The summed E-state index contributed by atoms with van der Waals surface area (Å²) >= 11 is 5.57. The number of nitrogens with zero attached hydrogens (tertiary/aromatic N) is 3. The van der Waals surface area contributed by atoms with Gasteiger partial charge in [0.1, 0.15) is 0 Å². The van der Waals surface area contributed by atoms with Gasteiger partial charge in [-0.3, -0.25) is 0 Å². The molecule has 0 bridgehead atoms. The number of benzene rings is 1. The summed E-state index contributed by atoms with van der Waals surface area (Å²) in [5, 5.41) is 3.89. The molecule has 2 atom stereocenters. The van der Waals surface area contributed by atoms with E-state index in [1.807, 2.05) is 0 Å². The molecule has 0 amide bonds. The highest BCUT2D eigenvalue weighted by atomic mass is 32.2. The van der Waals surface area contributed by atoms with Crippen LogP contribution in [0.5, 0.6) is 0 Å². The molecule has 0 aliphatic carbocycles. The number of likely N-dealkylation sites (tertiary alicyclic amines) is 1. The molecule has 9 heteroatoms. The summed E-state index contributed by atoms with van der Waals surface area (Å²) in [7, 11) is -3.74. The third kappa shape index (κ3) is 4.72. The zero-order valence-electron chi connectivity index (χ0n) is 15.3. The van der Waals surface area contributed by atoms with Crippen LogP contribution in [0.4, 0.5) is 11.6 Å². The monoisotopic (exact) mass is 405 g/mol. The lowest BCUT2D eigenvalue weighted by atomic mass is 9.98. The van der Waals surface area contributed by atoms with Crippen LogP contribution in [0.3, 0.4) is 0 Å². The van der Waals surface area contributed by atoms with Crippen LogP contribution in [-0.2, 0) is 10.0 Å². The Balaban J connectivity index is 1.69. The van der Waals surface area contributed by atoms with E-state index in [0.29, 0.717) is 17.2 Å². The molecule has 1 fully saturated rings. The minimum Gasteiger partial charge on any atom is -0.344 e. The molecular weight excluding hydrogens is 382 g/mol. The van der Waals surface area contributed by atoms with Gasteiger partial charge in [0.15, 0.2) is 5.11 Å². The van der Waals surface area contributed by atoms with E-state index in [1.54, 1.807) is 18.2 Å². The van der Waals surface area contributed by atoms with E-state index in [4.69, 9.17) is 12.2 Å². The number of thiocarbonyl (C=S) groups is 1. The third-order valence-electron chi connectivity index (χ3n) is 4.64. The average molecular weight is 406 g/mol. The Morgan fingerprint density at radius 3 is 2.30 bits per heavy atom. The predicted molar refractivity (Wildman–Crippen MR) is 110 cm³/mol. The molecule has 2 N–H and O–H groups in total. The van der Waals surface area contributed by atoms with Crippen molar-refractivity contribution >= 4 is 39.0 Å². The number of piperidine rings is 1. The maximum Gasteiger partial charge on any atom is 0.264 e. The molecule has 7 nitrogen and oxygen atoms in total. The average Bonchev–Trinajstić information content (AvgIpc) is 2.62. The predicted octanol–water partition coefficient (Wildman–Crippen LogP) is 3.24. The van der Waals surface area contributed by atoms with Gasteiger partial charge in [0, 0.05) is 30.2 Å². The van der Waals surface area contributed by atoms with Crippen molar-refractivity contribution < 1.29 is 8.42 Å². The smallest absolute Gasteiger partial charge is 0.264 e. The van der Waals surface area contributed by atoms with E-state index in [0.717, 1.165) is 18.5 Å². The minimum atomic E-state index is -3.74. The lowest BCUT2D eigenvalue weighted by Crippen LogP contribution is -2.49.